The molecule has 0 bridgehead atoms. The molecule has 1 saturated carbocycles. The van der Waals surface area contributed by atoms with Crippen LogP contribution >= 0.6 is 12.2 Å². The van der Waals surface area contributed by atoms with E-state index in [9.17, 15) is 13.2 Å². The van der Waals surface area contributed by atoms with Crippen LogP contribution in [0.25, 0.3) is 0 Å². The van der Waals surface area contributed by atoms with Gasteiger partial charge in [0.05, 0.1) is 10.6 Å². The van der Waals surface area contributed by atoms with Crippen LogP contribution in [0.4, 0.5) is 11.4 Å². The highest BCUT2D eigenvalue weighted by atomic mass is 32.2. The molecule has 0 unspecified atom stereocenters. The minimum atomic E-state index is -3.67. The average molecular weight is 460 g/mol. The number of para-hydroxylation sites is 1. The third-order valence-corrected chi connectivity index (χ3v) is 7.65. The number of thiocarbonyl (C=S) groups is 1. The predicted octanol–water partition coefficient (Wildman–Crippen LogP) is 4.69. The number of anilines is 2. The fraction of sp³-hybridized carbons (Fsp3) is 0.391. The Balaban J connectivity index is 1.52. The van der Waals surface area contributed by atoms with E-state index in [1.54, 1.807) is 36.4 Å². The quantitative estimate of drug-likeness (QED) is 0.588. The maximum absolute atomic E-state index is 12.8. The number of benzene rings is 2. The van der Waals surface area contributed by atoms with E-state index in [0.717, 1.165) is 6.42 Å². The molecule has 2 aromatic carbocycles. The van der Waals surface area contributed by atoms with E-state index in [0.29, 0.717) is 23.7 Å². The summed E-state index contributed by atoms with van der Waals surface area (Å²) in [5, 5.41) is 5.86. The summed E-state index contributed by atoms with van der Waals surface area (Å²) >= 11 is 5.23. The molecular weight excluding hydrogens is 430 g/mol. The number of nitrogens with one attached hydrogen (secondary N) is 2. The Morgan fingerprint density at radius 3 is 2.32 bits per heavy atom. The highest BCUT2D eigenvalue weighted by Crippen LogP contribution is 2.27. The van der Waals surface area contributed by atoms with E-state index in [1.165, 1.54) is 55.6 Å². The molecule has 0 heterocycles. The van der Waals surface area contributed by atoms with Gasteiger partial charge in [0.2, 0.25) is 5.91 Å². The first kappa shape index (κ1) is 23.2. The zero-order chi connectivity index (χ0) is 22.3. The minimum absolute atomic E-state index is 0.0910. The lowest BCUT2D eigenvalue weighted by Gasteiger charge is -2.21. The molecule has 0 aliphatic heterocycles. The van der Waals surface area contributed by atoms with Gasteiger partial charge in [0.15, 0.2) is 5.11 Å². The van der Waals surface area contributed by atoms with Gasteiger partial charge >= 0.3 is 0 Å². The summed E-state index contributed by atoms with van der Waals surface area (Å²) in [7, 11) is -2.15. The van der Waals surface area contributed by atoms with Crippen molar-refractivity contribution in [1.29, 1.82) is 0 Å². The Morgan fingerprint density at radius 2 is 1.68 bits per heavy atom. The molecule has 3 rings (SSSR count). The first-order chi connectivity index (χ1) is 14.9. The monoisotopic (exact) mass is 459 g/mol. The molecule has 0 atom stereocenters. The van der Waals surface area contributed by atoms with Crippen molar-refractivity contribution >= 4 is 44.6 Å². The highest BCUT2D eigenvalue weighted by Gasteiger charge is 2.21. The average Bonchev–Trinajstić information content (AvgIpc) is 2.78. The highest BCUT2D eigenvalue weighted by molar-refractivity contribution is 7.92. The van der Waals surface area contributed by atoms with Crippen molar-refractivity contribution in [2.45, 2.75) is 49.8 Å². The maximum Gasteiger partial charge on any atom is 0.264 e. The van der Waals surface area contributed by atoms with Crippen LogP contribution in [0.3, 0.4) is 0 Å². The summed E-state index contributed by atoms with van der Waals surface area (Å²) < 4.78 is 26.9. The Bertz CT molecular complexity index is 986. The van der Waals surface area contributed by atoms with Crippen molar-refractivity contribution in [3.63, 3.8) is 0 Å². The number of carbonyl (C=O) groups excluding carboxylic acids is 1. The van der Waals surface area contributed by atoms with Crippen LogP contribution in [0.1, 0.15) is 44.9 Å². The molecule has 0 saturated heterocycles. The topological polar surface area (TPSA) is 78.5 Å². The zero-order valence-corrected chi connectivity index (χ0v) is 19.3. The smallest absolute Gasteiger partial charge is 0.264 e. The first-order valence-corrected chi connectivity index (χ1v) is 12.5. The molecule has 1 fully saturated rings. The van der Waals surface area contributed by atoms with Crippen LogP contribution in [0.2, 0.25) is 0 Å². The SMILES string of the molecule is CN(c1ccccc1)S(=O)(=O)c1ccc(NC(=S)NC(=O)CCC2CCCCC2)cc1. The van der Waals surface area contributed by atoms with Gasteiger partial charge in [-0.25, -0.2) is 8.42 Å². The molecular formula is C23H29N3O3S2. The molecule has 0 aromatic heterocycles. The van der Waals surface area contributed by atoms with Gasteiger partial charge in [-0.15, -0.1) is 0 Å². The number of carbonyl (C=O) groups is 1. The van der Waals surface area contributed by atoms with Gasteiger partial charge in [0.25, 0.3) is 10.0 Å². The molecule has 6 nitrogen and oxygen atoms in total. The van der Waals surface area contributed by atoms with E-state index in [-0.39, 0.29) is 15.9 Å². The molecule has 31 heavy (non-hydrogen) atoms. The van der Waals surface area contributed by atoms with Gasteiger partial charge in [0, 0.05) is 19.2 Å². The Labute approximate surface area is 190 Å². The standard InChI is InChI=1S/C23H29N3O3S2/c1-26(20-10-6-3-7-11-20)31(28,29)21-15-13-19(14-16-21)24-23(30)25-22(27)17-12-18-8-4-2-5-9-18/h3,6-7,10-11,13-16,18H,2,4-5,8-9,12,17H2,1H3,(H2,24,25,27,30). The minimum Gasteiger partial charge on any atom is -0.332 e. The number of hydrogen-bond donors (Lipinski definition) is 2. The Hall–Kier alpha value is -2.45. The van der Waals surface area contributed by atoms with E-state index in [4.69, 9.17) is 12.2 Å². The van der Waals surface area contributed by atoms with Crippen LogP contribution in [0.15, 0.2) is 59.5 Å². The Morgan fingerprint density at radius 1 is 1.03 bits per heavy atom. The fourth-order valence-electron chi connectivity index (χ4n) is 3.81. The van der Waals surface area contributed by atoms with Gasteiger partial charge in [-0.05, 0) is 61.0 Å². The van der Waals surface area contributed by atoms with E-state index in [2.05, 4.69) is 10.6 Å². The number of amides is 1. The number of sulfonamides is 1. The van der Waals surface area contributed by atoms with Crippen molar-refractivity contribution in [3.05, 3.63) is 54.6 Å². The summed E-state index contributed by atoms with van der Waals surface area (Å²) in [6.07, 6.45) is 7.62. The van der Waals surface area contributed by atoms with Crippen molar-refractivity contribution in [1.82, 2.24) is 5.32 Å². The van der Waals surface area contributed by atoms with E-state index >= 15 is 0 Å². The molecule has 0 radical (unpaired) electrons. The normalized spacial score (nSPS) is 14.6. The van der Waals surface area contributed by atoms with Crippen LogP contribution in [-0.4, -0.2) is 26.5 Å². The molecule has 2 aromatic rings. The van der Waals surface area contributed by atoms with Crippen LogP contribution in [-0.2, 0) is 14.8 Å². The first-order valence-electron chi connectivity index (χ1n) is 10.6. The van der Waals surface area contributed by atoms with Crippen molar-refractivity contribution in [2.75, 3.05) is 16.7 Å². The molecule has 1 amide bonds. The van der Waals surface area contributed by atoms with Crippen molar-refractivity contribution in [3.8, 4) is 0 Å². The predicted molar refractivity (Wildman–Crippen MR) is 129 cm³/mol. The lowest BCUT2D eigenvalue weighted by molar-refractivity contribution is -0.120. The molecule has 1 aliphatic carbocycles. The van der Waals surface area contributed by atoms with Gasteiger partial charge in [-0.1, -0.05) is 50.3 Å². The van der Waals surface area contributed by atoms with Crippen LogP contribution in [0.5, 0.6) is 0 Å². The van der Waals surface area contributed by atoms with Gasteiger partial charge in [0.1, 0.15) is 0 Å². The van der Waals surface area contributed by atoms with E-state index in [1.807, 2.05) is 6.07 Å². The van der Waals surface area contributed by atoms with Crippen molar-refractivity contribution in [2.24, 2.45) is 5.92 Å². The second kappa shape index (κ2) is 10.7. The summed E-state index contributed by atoms with van der Waals surface area (Å²) in [5.74, 6) is 0.552. The van der Waals surface area contributed by atoms with Gasteiger partial charge < -0.3 is 10.6 Å². The third kappa shape index (κ3) is 6.51. The number of hydrogen-bond acceptors (Lipinski definition) is 4. The summed E-state index contributed by atoms with van der Waals surface area (Å²) in [5.41, 5.74) is 1.20. The number of rotatable bonds is 7. The summed E-state index contributed by atoms with van der Waals surface area (Å²) in [6.45, 7) is 0. The van der Waals surface area contributed by atoms with Gasteiger partial charge in [-0.2, -0.15) is 0 Å². The fourth-order valence-corrected chi connectivity index (χ4v) is 5.23. The lowest BCUT2D eigenvalue weighted by atomic mass is 9.86. The third-order valence-electron chi connectivity index (χ3n) is 5.65. The number of nitrogens with zero attached hydrogens (tertiary/aromatic N) is 1. The van der Waals surface area contributed by atoms with Gasteiger partial charge in [-0.3, -0.25) is 9.10 Å². The second-order valence-electron chi connectivity index (χ2n) is 7.88. The summed E-state index contributed by atoms with van der Waals surface area (Å²) in [6, 6.07) is 15.2. The molecule has 0 spiro atoms. The van der Waals surface area contributed by atoms with Crippen molar-refractivity contribution < 1.29 is 13.2 Å². The van der Waals surface area contributed by atoms with Crippen LogP contribution < -0.4 is 14.9 Å². The molecule has 2 N–H and O–H groups in total. The van der Waals surface area contributed by atoms with Crippen LogP contribution in [0, 0.1) is 5.92 Å². The van der Waals surface area contributed by atoms with E-state index < -0.39 is 10.0 Å². The molecule has 166 valence electrons. The molecule has 1 aliphatic rings. The zero-order valence-electron chi connectivity index (χ0n) is 17.7. The Kier molecular flexibility index (Phi) is 8.03. The maximum atomic E-state index is 12.8. The largest absolute Gasteiger partial charge is 0.332 e. The lowest BCUT2D eigenvalue weighted by Crippen LogP contribution is -2.34. The molecule has 8 heteroatoms. The summed E-state index contributed by atoms with van der Waals surface area (Å²) in [4.78, 5) is 12.3. The second-order valence-corrected chi connectivity index (χ2v) is 10.3.